The van der Waals surface area contributed by atoms with Crippen LogP contribution < -0.4 is 9.47 Å². The molecule has 0 radical (unpaired) electrons. The van der Waals surface area contributed by atoms with Crippen LogP contribution in [0.5, 0.6) is 11.8 Å². The Morgan fingerprint density at radius 1 is 1.04 bits per heavy atom. The zero-order valence-corrected chi connectivity index (χ0v) is 13.4. The first-order valence-electron chi connectivity index (χ1n) is 7.97. The molecule has 0 unspecified atom stereocenters. The summed E-state index contributed by atoms with van der Waals surface area (Å²) in [5, 5.41) is 8.44. The molecule has 3 aromatic rings. The fraction of sp³-hybridized carbons (Fsp3) is 0.353. The molecule has 1 aliphatic rings. The van der Waals surface area contributed by atoms with Crippen molar-refractivity contribution in [3.8, 4) is 23.1 Å². The van der Waals surface area contributed by atoms with Crippen LogP contribution in [-0.2, 0) is 4.74 Å². The van der Waals surface area contributed by atoms with Crippen molar-refractivity contribution in [3.05, 3.63) is 30.0 Å². The van der Waals surface area contributed by atoms with Gasteiger partial charge < -0.3 is 14.2 Å². The monoisotopic (exact) mass is 326 g/mol. The largest absolute Gasteiger partial charge is 0.493 e. The predicted octanol–water partition coefficient (Wildman–Crippen LogP) is 2.51. The maximum absolute atomic E-state index is 5.81. The minimum Gasteiger partial charge on any atom is -0.493 e. The highest BCUT2D eigenvalue weighted by atomic mass is 16.5. The molecule has 0 aliphatic carbocycles. The first-order valence-corrected chi connectivity index (χ1v) is 7.97. The summed E-state index contributed by atoms with van der Waals surface area (Å²) in [6.45, 7) is 4.09. The first kappa shape index (κ1) is 14.9. The first-order chi connectivity index (χ1) is 11.8. The summed E-state index contributed by atoms with van der Waals surface area (Å²) in [5.74, 6) is 0.809. The lowest BCUT2D eigenvalue weighted by atomic mass is 10.1. The second kappa shape index (κ2) is 6.45. The van der Waals surface area contributed by atoms with Crippen LogP contribution in [-0.4, -0.2) is 46.6 Å². The van der Waals surface area contributed by atoms with Gasteiger partial charge in [0.1, 0.15) is 23.7 Å². The van der Waals surface area contributed by atoms with E-state index in [4.69, 9.17) is 14.2 Å². The average Bonchev–Trinajstić information content (AvgIpc) is 3.01. The molecule has 1 N–H and O–H groups in total. The zero-order chi connectivity index (χ0) is 16.4. The van der Waals surface area contributed by atoms with Crippen molar-refractivity contribution in [2.24, 2.45) is 0 Å². The number of hydrogen-bond acceptors (Lipinski definition) is 6. The summed E-state index contributed by atoms with van der Waals surface area (Å²) in [6.07, 6.45) is 2.57. The molecule has 24 heavy (non-hydrogen) atoms. The highest BCUT2D eigenvalue weighted by Gasteiger charge is 2.15. The van der Waals surface area contributed by atoms with Crippen LogP contribution in [0.4, 0.5) is 0 Å². The van der Waals surface area contributed by atoms with Crippen molar-refractivity contribution in [2.45, 2.75) is 13.3 Å². The molecule has 0 saturated heterocycles. The predicted molar refractivity (Wildman–Crippen MR) is 88.3 cm³/mol. The van der Waals surface area contributed by atoms with E-state index < -0.39 is 0 Å². The van der Waals surface area contributed by atoms with E-state index in [0.29, 0.717) is 32.4 Å². The van der Waals surface area contributed by atoms with Gasteiger partial charge in [0.05, 0.1) is 18.7 Å². The molecular weight excluding hydrogens is 308 g/mol. The Balaban J connectivity index is 1.82. The quantitative estimate of drug-likeness (QED) is 0.683. The Labute approximate surface area is 139 Å². The zero-order valence-electron chi connectivity index (χ0n) is 13.4. The van der Waals surface area contributed by atoms with Gasteiger partial charge in [-0.25, -0.2) is 4.98 Å². The number of nitrogens with one attached hydrogen (secondary N) is 1. The lowest BCUT2D eigenvalue weighted by molar-refractivity contribution is 0.0876. The molecule has 0 saturated carbocycles. The van der Waals surface area contributed by atoms with Gasteiger partial charge in [-0.1, -0.05) is 0 Å². The fourth-order valence-electron chi connectivity index (χ4n) is 2.64. The number of aryl methyl sites for hydroxylation is 1. The molecule has 3 heterocycles. The Kier molecular flexibility index (Phi) is 4.00. The summed E-state index contributed by atoms with van der Waals surface area (Å²) in [6, 6.07) is 6.21. The van der Waals surface area contributed by atoms with E-state index in [1.54, 1.807) is 6.20 Å². The summed E-state index contributed by atoms with van der Waals surface area (Å²) in [4.78, 5) is 8.75. The van der Waals surface area contributed by atoms with Gasteiger partial charge in [0.25, 0.3) is 0 Å². The van der Waals surface area contributed by atoms with Crippen LogP contribution in [0.25, 0.3) is 22.3 Å². The average molecular weight is 326 g/mol. The number of rotatable bonds is 0. The van der Waals surface area contributed by atoms with Crippen LogP contribution in [0.2, 0.25) is 0 Å². The number of nitrogens with zero attached hydrogens (tertiary/aromatic N) is 3. The molecule has 1 aromatic carbocycles. The third kappa shape index (κ3) is 2.90. The van der Waals surface area contributed by atoms with Crippen molar-refractivity contribution in [2.75, 3.05) is 26.4 Å². The van der Waals surface area contributed by atoms with Crippen molar-refractivity contribution >= 4 is 10.9 Å². The Hall–Kier alpha value is -2.67. The van der Waals surface area contributed by atoms with E-state index in [9.17, 15) is 0 Å². The van der Waals surface area contributed by atoms with E-state index in [1.807, 2.05) is 25.1 Å². The van der Waals surface area contributed by atoms with Crippen LogP contribution in [0, 0.1) is 6.92 Å². The number of ether oxygens (including phenoxy) is 3. The fourth-order valence-corrected chi connectivity index (χ4v) is 2.64. The molecular formula is C17H18N4O3. The lowest BCUT2D eigenvalue weighted by Crippen LogP contribution is -2.11. The van der Waals surface area contributed by atoms with E-state index in [2.05, 4.69) is 20.2 Å². The minimum atomic E-state index is 0.331. The van der Waals surface area contributed by atoms with Gasteiger partial charge in [-0.2, -0.15) is 10.1 Å². The van der Waals surface area contributed by atoms with Gasteiger partial charge in [-0.3, -0.25) is 5.10 Å². The molecule has 124 valence electrons. The maximum atomic E-state index is 5.81. The summed E-state index contributed by atoms with van der Waals surface area (Å²) in [7, 11) is 0. The Morgan fingerprint density at radius 3 is 2.96 bits per heavy atom. The highest BCUT2D eigenvalue weighted by Crippen LogP contribution is 2.30. The van der Waals surface area contributed by atoms with Gasteiger partial charge in [-0.05, 0) is 30.7 Å². The maximum Gasteiger partial charge on any atom is 0.317 e. The van der Waals surface area contributed by atoms with Gasteiger partial charge in [-0.15, -0.1) is 0 Å². The molecule has 0 amide bonds. The standard InChI is InChI=1S/C17H18N4O3/c1-11-10-18-17-19-15(11)16-13-9-12(3-4-14(13)20-21-16)23-6-2-5-22-7-8-24-17/h3-4,9-10H,2,5-8H2,1H3,(H,20,21). The smallest absolute Gasteiger partial charge is 0.317 e. The second-order valence-corrected chi connectivity index (χ2v) is 5.63. The number of aromatic amines is 1. The number of benzene rings is 1. The lowest BCUT2D eigenvalue weighted by Gasteiger charge is -2.07. The van der Waals surface area contributed by atoms with Gasteiger partial charge in [0.2, 0.25) is 0 Å². The van der Waals surface area contributed by atoms with Crippen LogP contribution in [0.1, 0.15) is 12.0 Å². The Morgan fingerprint density at radius 2 is 2.00 bits per heavy atom. The van der Waals surface area contributed by atoms with E-state index in [1.165, 1.54) is 0 Å². The second-order valence-electron chi connectivity index (χ2n) is 5.63. The number of aromatic nitrogens is 4. The van der Waals surface area contributed by atoms with Gasteiger partial charge >= 0.3 is 6.01 Å². The van der Waals surface area contributed by atoms with Gasteiger partial charge in [0.15, 0.2) is 0 Å². The Bertz CT molecular complexity index is 862. The van der Waals surface area contributed by atoms with Crippen molar-refractivity contribution < 1.29 is 14.2 Å². The van der Waals surface area contributed by atoms with Crippen LogP contribution >= 0.6 is 0 Å². The minimum absolute atomic E-state index is 0.331. The number of H-pyrrole nitrogens is 1. The van der Waals surface area contributed by atoms with Crippen molar-refractivity contribution in [3.63, 3.8) is 0 Å². The molecule has 4 bridgehead atoms. The molecule has 1 aliphatic heterocycles. The molecule has 7 heteroatoms. The van der Waals surface area contributed by atoms with Crippen molar-refractivity contribution in [1.29, 1.82) is 0 Å². The molecule has 7 nitrogen and oxygen atoms in total. The van der Waals surface area contributed by atoms with Gasteiger partial charge in [0, 0.05) is 24.6 Å². The third-order valence-electron chi connectivity index (χ3n) is 3.87. The SMILES string of the molecule is Cc1cnc2nc1-c1n[nH]c3ccc(cc13)OCCCOCCO2. The highest BCUT2D eigenvalue weighted by molar-refractivity contribution is 5.93. The summed E-state index contributed by atoms with van der Waals surface area (Å²) in [5.41, 5.74) is 3.39. The summed E-state index contributed by atoms with van der Waals surface area (Å²) >= 11 is 0. The van der Waals surface area contributed by atoms with E-state index >= 15 is 0 Å². The molecule has 0 spiro atoms. The molecule has 0 atom stereocenters. The van der Waals surface area contributed by atoms with Crippen LogP contribution in [0.15, 0.2) is 24.4 Å². The molecule has 0 fully saturated rings. The molecule has 4 rings (SSSR count). The topological polar surface area (TPSA) is 82.2 Å². The van der Waals surface area contributed by atoms with E-state index in [-0.39, 0.29) is 0 Å². The van der Waals surface area contributed by atoms with Crippen molar-refractivity contribution in [1.82, 2.24) is 20.2 Å². The normalized spacial score (nSPS) is 15.4. The summed E-state index contributed by atoms with van der Waals surface area (Å²) < 4.78 is 16.9. The van der Waals surface area contributed by atoms with E-state index in [0.717, 1.165) is 40.0 Å². The van der Waals surface area contributed by atoms with Crippen LogP contribution in [0.3, 0.4) is 0 Å². The number of hydrogen-bond donors (Lipinski definition) is 1. The molecule has 2 aromatic heterocycles. The third-order valence-corrected chi connectivity index (χ3v) is 3.87. The number of fused-ring (bicyclic) bond motifs is 4.